The Morgan fingerprint density at radius 3 is 2.50 bits per heavy atom. The fraction of sp³-hybridized carbons (Fsp3) is 0.250. The first-order chi connectivity index (χ1) is 5.57. The van der Waals surface area contributed by atoms with E-state index in [9.17, 15) is 0 Å². The van der Waals surface area contributed by atoms with Crippen molar-refractivity contribution in [2.45, 2.75) is 13.8 Å². The van der Waals surface area contributed by atoms with Crippen molar-refractivity contribution in [2.24, 2.45) is 0 Å². The topological polar surface area (TPSA) is 64.0 Å². The van der Waals surface area contributed by atoms with Crippen LogP contribution in [-0.4, -0.2) is 0 Å². The molecule has 0 saturated carbocycles. The summed E-state index contributed by atoms with van der Waals surface area (Å²) in [6.45, 7) is 3.73. The van der Waals surface area contributed by atoms with E-state index in [1.807, 2.05) is 19.9 Å². The number of halogens is 1. The van der Waals surface area contributed by atoms with Crippen molar-refractivity contribution in [3.05, 3.63) is 21.4 Å². The highest BCUT2D eigenvalue weighted by Gasteiger charge is 2.15. The second-order valence-electron chi connectivity index (χ2n) is 2.59. The van der Waals surface area contributed by atoms with Crippen LogP contribution in [0.4, 0.5) is 5.69 Å². The van der Waals surface area contributed by atoms with Gasteiger partial charge in [-0.25, -0.2) is 4.98 Å². The number of nitrogens with one attached hydrogen (secondary N) is 1. The van der Waals surface area contributed by atoms with E-state index in [0.717, 1.165) is 15.9 Å². The lowest BCUT2D eigenvalue weighted by Gasteiger charge is -2.00. The molecular weight excluding hydrogens is 218 g/mol. The number of aryl methyl sites for hydroxylation is 2. The number of anilines is 1. The van der Waals surface area contributed by atoms with Crippen LogP contribution in [0, 0.1) is 25.2 Å². The molecule has 1 rings (SSSR count). The van der Waals surface area contributed by atoms with Gasteiger partial charge in [-0.3, -0.25) is 0 Å². The smallest absolute Gasteiger partial charge is 0.196 e. The lowest BCUT2D eigenvalue weighted by molar-refractivity contribution is -0.397. The van der Waals surface area contributed by atoms with Gasteiger partial charge in [0.1, 0.15) is 16.1 Å². The third-order valence-corrected chi connectivity index (χ3v) is 2.72. The third-order valence-electron chi connectivity index (χ3n) is 1.70. The molecule has 0 aliphatic heterocycles. The van der Waals surface area contributed by atoms with Gasteiger partial charge in [-0.2, -0.15) is 5.26 Å². The summed E-state index contributed by atoms with van der Waals surface area (Å²) in [6, 6.07) is 2.05. The molecule has 1 aromatic rings. The van der Waals surface area contributed by atoms with Crippen LogP contribution in [0.3, 0.4) is 0 Å². The number of rotatable bonds is 0. The minimum atomic E-state index is 0.506. The van der Waals surface area contributed by atoms with Crippen molar-refractivity contribution in [3.63, 3.8) is 0 Å². The van der Waals surface area contributed by atoms with E-state index in [0.29, 0.717) is 11.3 Å². The van der Waals surface area contributed by atoms with Crippen LogP contribution >= 0.6 is 15.9 Å². The first kappa shape index (κ1) is 9.01. The molecule has 0 aliphatic rings. The van der Waals surface area contributed by atoms with E-state index < -0.39 is 0 Å². The fourth-order valence-electron chi connectivity index (χ4n) is 1.06. The zero-order valence-electron chi connectivity index (χ0n) is 6.90. The number of nitrogen functional groups attached to an aromatic ring is 1. The number of nitrogens with zero attached hydrogens (tertiary/aromatic N) is 1. The molecule has 0 unspecified atom stereocenters. The quantitative estimate of drug-likeness (QED) is 0.726. The molecule has 0 atom stereocenters. The van der Waals surface area contributed by atoms with Crippen molar-refractivity contribution in [3.8, 4) is 6.07 Å². The fourth-order valence-corrected chi connectivity index (χ4v) is 1.35. The Hall–Kier alpha value is -1.08. The second-order valence-corrected chi connectivity index (χ2v) is 3.38. The van der Waals surface area contributed by atoms with Crippen LogP contribution < -0.4 is 10.7 Å². The summed E-state index contributed by atoms with van der Waals surface area (Å²) in [5.74, 6) is 0. The van der Waals surface area contributed by atoms with Gasteiger partial charge in [0.2, 0.25) is 0 Å². The van der Waals surface area contributed by atoms with Crippen molar-refractivity contribution < 1.29 is 4.98 Å². The van der Waals surface area contributed by atoms with E-state index in [-0.39, 0.29) is 0 Å². The van der Waals surface area contributed by atoms with Crippen LogP contribution in [0.1, 0.15) is 17.0 Å². The van der Waals surface area contributed by atoms with Crippen molar-refractivity contribution in [1.82, 2.24) is 0 Å². The Kier molecular flexibility index (Phi) is 2.34. The first-order valence-corrected chi connectivity index (χ1v) is 4.24. The lowest BCUT2D eigenvalue weighted by atomic mass is 10.1. The van der Waals surface area contributed by atoms with E-state index in [1.54, 1.807) is 0 Å². The molecule has 1 heterocycles. The molecular formula is C8H9BrN3+. The maximum atomic E-state index is 8.74. The molecule has 0 spiro atoms. The molecule has 0 amide bonds. The number of nitriles is 1. The Balaban J connectivity index is 3.54. The average molecular weight is 227 g/mol. The molecule has 4 heteroatoms. The Morgan fingerprint density at radius 2 is 2.00 bits per heavy atom. The summed E-state index contributed by atoms with van der Waals surface area (Å²) in [6.07, 6.45) is 0. The number of pyridine rings is 1. The Bertz CT molecular complexity index is 366. The molecule has 0 saturated heterocycles. The lowest BCUT2D eigenvalue weighted by Crippen LogP contribution is -2.16. The maximum Gasteiger partial charge on any atom is 0.196 e. The van der Waals surface area contributed by atoms with Gasteiger partial charge >= 0.3 is 0 Å². The normalized spacial score (nSPS) is 9.50. The van der Waals surface area contributed by atoms with Gasteiger partial charge in [-0.05, 0) is 15.9 Å². The predicted molar refractivity (Wildman–Crippen MR) is 49.3 cm³/mol. The van der Waals surface area contributed by atoms with E-state index in [1.165, 1.54) is 0 Å². The van der Waals surface area contributed by atoms with Gasteiger partial charge in [-0.15, -0.1) is 0 Å². The molecule has 0 bridgehead atoms. The van der Waals surface area contributed by atoms with E-state index >= 15 is 0 Å². The molecule has 0 aliphatic carbocycles. The SMILES string of the molecule is Cc1[nH+]c(C)c(C#N)c(N)c1Br. The highest BCUT2D eigenvalue weighted by atomic mass is 79.9. The second kappa shape index (κ2) is 3.11. The van der Waals surface area contributed by atoms with Gasteiger partial charge in [0.25, 0.3) is 0 Å². The summed E-state index contributed by atoms with van der Waals surface area (Å²) in [5, 5.41) is 8.74. The van der Waals surface area contributed by atoms with Crippen LogP contribution in [0.15, 0.2) is 4.47 Å². The molecule has 3 nitrogen and oxygen atoms in total. The van der Waals surface area contributed by atoms with Gasteiger partial charge in [0.15, 0.2) is 11.4 Å². The highest BCUT2D eigenvalue weighted by molar-refractivity contribution is 9.10. The zero-order valence-corrected chi connectivity index (χ0v) is 8.49. The minimum Gasteiger partial charge on any atom is -0.396 e. The average Bonchev–Trinajstić information content (AvgIpc) is 2.01. The number of aromatic amines is 1. The minimum absolute atomic E-state index is 0.506. The standard InChI is InChI=1S/C8H8BrN3/c1-4-6(3-10)8(11)7(9)5(2)12-4/h1-2H3,(H2,11,12)/p+1. The molecule has 1 aromatic heterocycles. The van der Waals surface area contributed by atoms with E-state index in [4.69, 9.17) is 11.0 Å². The Labute approximate surface area is 79.3 Å². The van der Waals surface area contributed by atoms with Crippen molar-refractivity contribution in [1.29, 1.82) is 5.26 Å². The molecule has 62 valence electrons. The maximum absolute atomic E-state index is 8.74. The number of H-pyrrole nitrogens is 1. The van der Waals surface area contributed by atoms with Gasteiger partial charge in [0.05, 0.1) is 5.69 Å². The Morgan fingerprint density at radius 1 is 1.42 bits per heavy atom. The van der Waals surface area contributed by atoms with Crippen molar-refractivity contribution >= 4 is 21.6 Å². The number of hydrogen-bond donors (Lipinski definition) is 1. The molecule has 3 N–H and O–H groups in total. The van der Waals surface area contributed by atoms with Gasteiger partial charge < -0.3 is 5.73 Å². The molecule has 12 heavy (non-hydrogen) atoms. The van der Waals surface area contributed by atoms with Gasteiger partial charge in [-0.1, -0.05) is 0 Å². The summed E-state index contributed by atoms with van der Waals surface area (Å²) < 4.78 is 0.768. The number of hydrogen-bond acceptors (Lipinski definition) is 2. The summed E-state index contributed by atoms with van der Waals surface area (Å²) in [5.41, 5.74) is 8.45. The largest absolute Gasteiger partial charge is 0.396 e. The first-order valence-electron chi connectivity index (χ1n) is 3.45. The highest BCUT2D eigenvalue weighted by Crippen LogP contribution is 2.24. The van der Waals surface area contributed by atoms with Crippen LogP contribution in [0.2, 0.25) is 0 Å². The van der Waals surface area contributed by atoms with Gasteiger partial charge in [0, 0.05) is 13.8 Å². The van der Waals surface area contributed by atoms with Crippen LogP contribution in [-0.2, 0) is 0 Å². The summed E-state index contributed by atoms with van der Waals surface area (Å²) in [7, 11) is 0. The molecule has 0 fully saturated rings. The predicted octanol–water partition coefficient (Wildman–Crippen LogP) is 1.33. The summed E-state index contributed by atoms with van der Waals surface area (Å²) in [4.78, 5) is 3.05. The number of aromatic nitrogens is 1. The van der Waals surface area contributed by atoms with E-state index in [2.05, 4.69) is 20.9 Å². The van der Waals surface area contributed by atoms with Crippen LogP contribution in [0.5, 0.6) is 0 Å². The zero-order chi connectivity index (χ0) is 9.30. The third kappa shape index (κ3) is 1.28. The molecule has 0 radical (unpaired) electrons. The molecule has 0 aromatic carbocycles. The number of nitrogens with two attached hydrogens (primary N) is 1. The monoisotopic (exact) mass is 226 g/mol. The summed E-state index contributed by atoms with van der Waals surface area (Å²) >= 11 is 3.30. The van der Waals surface area contributed by atoms with Crippen molar-refractivity contribution in [2.75, 3.05) is 5.73 Å². The van der Waals surface area contributed by atoms with Crippen LogP contribution in [0.25, 0.3) is 0 Å².